The number of para-hydroxylation sites is 1. The minimum absolute atomic E-state index is 0. The van der Waals surface area contributed by atoms with Crippen LogP contribution in [0.5, 0.6) is 5.75 Å². The average molecular weight is 384 g/mol. The normalized spacial score (nSPS) is 11.5. The maximum atomic E-state index is 14.4. The standard InChI is InChI=1S/C24H27O2P.Li/c1-17(2)19-9-13-21(14-10-19)27(26,24-8-6-5-7-23(24)25)22-15-11-20(12-16-22)18(3)4;/h5-18,25H,1-4H3;/q;+1/p-1. The molecule has 0 saturated carbocycles. The van der Waals surface area contributed by atoms with Crippen LogP contribution in [0.3, 0.4) is 0 Å². The monoisotopic (exact) mass is 384 g/mol. The largest absolute Gasteiger partial charge is 1.00 e. The molecule has 140 valence electrons. The van der Waals surface area contributed by atoms with Crippen LogP contribution in [0.25, 0.3) is 0 Å². The summed E-state index contributed by atoms with van der Waals surface area (Å²) in [6, 6.07) is 22.4. The molecule has 3 rings (SSSR count). The van der Waals surface area contributed by atoms with Gasteiger partial charge in [-0.2, -0.15) is 0 Å². The van der Waals surface area contributed by atoms with Crippen LogP contribution < -0.4 is 39.9 Å². The third kappa shape index (κ3) is 4.31. The third-order valence-electron chi connectivity index (χ3n) is 5.05. The average Bonchev–Trinajstić information content (AvgIpc) is 2.68. The van der Waals surface area contributed by atoms with Gasteiger partial charge in [-0.25, -0.2) is 0 Å². The van der Waals surface area contributed by atoms with Crippen LogP contribution in [0.2, 0.25) is 0 Å². The summed E-state index contributed by atoms with van der Waals surface area (Å²) in [4.78, 5) is 0. The van der Waals surface area contributed by atoms with Crippen LogP contribution in [-0.2, 0) is 4.57 Å². The van der Waals surface area contributed by atoms with Crippen molar-refractivity contribution in [3.05, 3.63) is 83.9 Å². The van der Waals surface area contributed by atoms with E-state index in [1.165, 1.54) is 17.2 Å². The molecule has 0 saturated heterocycles. The van der Waals surface area contributed by atoms with Gasteiger partial charge < -0.3 is 9.67 Å². The first kappa shape index (κ1) is 22.6. The van der Waals surface area contributed by atoms with Crippen molar-refractivity contribution in [1.82, 2.24) is 0 Å². The summed E-state index contributed by atoms with van der Waals surface area (Å²) in [5.41, 5.74) is 2.38. The Labute approximate surface area is 180 Å². The fourth-order valence-electron chi connectivity index (χ4n) is 3.28. The maximum Gasteiger partial charge on any atom is 1.00 e. The summed E-state index contributed by atoms with van der Waals surface area (Å²) in [6.07, 6.45) is 0. The molecular weight excluding hydrogens is 358 g/mol. The van der Waals surface area contributed by atoms with Gasteiger partial charge in [-0.05, 0) is 23.0 Å². The zero-order chi connectivity index (χ0) is 19.6. The first-order chi connectivity index (χ1) is 12.8. The molecule has 0 N–H and O–H groups in total. The number of hydrogen-bond acceptors (Lipinski definition) is 2. The molecule has 0 fully saturated rings. The maximum absolute atomic E-state index is 14.4. The van der Waals surface area contributed by atoms with E-state index in [9.17, 15) is 9.67 Å². The van der Waals surface area contributed by atoms with Crippen LogP contribution in [0, 0.1) is 0 Å². The zero-order valence-corrected chi connectivity index (χ0v) is 18.2. The number of hydrogen-bond donors (Lipinski definition) is 0. The van der Waals surface area contributed by atoms with Crippen molar-refractivity contribution >= 4 is 23.1 Å². The molecular formula is C24H26LiO2P. The minimum atomic E-state index is -3.23. The van der Waals surface area contributed by atoms with Crippen LogP contribution in [0.1, 0.15) is 50.7 Å². The molecule has 0 atom stereocenters. The van der Waals surface area contributed by atoms with E-state index in [-0.39, 0.29) is 24.6 Å². The molecule has 0 spiro atoms. The number of benzene rings is 3. The van der Waals surface area contributed by atoms with Crippen molar-refractivity contribution in [3.8, 4) is 5.75 Å². The van der Waals surface area contributed by atoms with E-state index in [0.717, 1.165) is 0 Å². The molecule has 0 radical (unpaired) electrons. The predicted octanol–water partition coefficient (Wildman–Crippen LogP) is 1.65. The quantitative estimate of drug-likeness (QED) is 0.496. The van der Waals surface area contributed by atoms with E-state index in [2.05, 4.69) is 27.7 Å². The van der Waals surface area contributed by atoms with Gasteiger partial charge in [-0.15, -0.1) is 0 Å². The third-order valence-corrected chi connectivity index (χ3v) is 8.15. The van der Waals surface area contributed by atoms with Crippen molar-refractivity contribution in [3.63, 3.8) is 0 Å². The Kier molecular flexibility index (Phi) is 7.41. The van der Waals surface area contributed by atoms with Gasteiger partial charge in [0.05, 0.1) is 0 Å². The van der Waals surface area contributed by atoms with Crippen LogP contribution in [0.15, 0.2) is 72.8 Å². The van der Waals surface area contributed by atoms with Gasteiger partial charge in [0.1, 0.15) is 0 Å². The van der Waals surface area contributed by atoms with Crippen LogP contribution in [-0.4, -0.2) is 0 Å². The molecule has 0 aliphatic heterocycles. The van der Waals surface area contributed by atoms with Gasteiger partial charge >= 0.3 is 18.9 Å². The Morgan fingerprint density at radius 3 is 1.43 bits per heavy atom. The Morgan fingerprint density at radius 1 is 0.679 bits per heavy atom. The molecule has 0 heterocycles. The summed E-state index contributed by atoms with van der Waals surface area (Å²) in [7, 11) is -3.23. The topological polar surface area (TPSA) is 40.1 Å². The fourth-order valence-corrected chi connectivity index (χ4v) is 5.96. The molecule has 0 aliphatic rings. The van der Waals surface area contributed by atoms with Gasteiger partial charge in [0.25, 0.3) is 0 Å². The molecule has 4 heteroatoms. The van der Waals surface area contributed by atoms with Crippen molar-refractivity contribution in [1.29, 1.82) is 0 Å². The van der Waals surface area contributed by atoms with E-state index in [4.69, 9.17) is 0 Å². The van der Waals surface area contributed by atoms with E-state index in [1.807, 2.05) is 48.5 Å². The predicted molar refractivity (Wildman–Crippen MR) is 113 cm³/mol. The fraction of sp³-hybridized carbons (Fsp3) is 0.250. The van der Waals surface area contributed by atoms with Crippen molar-refractivity contribution in [2.45, 2.75) is 39.5 Å². The van der Waals surface area contributed by atoms with Crippen LogP contribution in [0.4, 0.5) is 0 Å². The minimum Gasteiger partial charge on any atom is -0.872 e. The zero-order valence-electron chi connectivity index (χ0n) is 17.3. The van der Waals surface area contributed by atoms with Crippen molar-refractivity contribution in [2.24, 2.45) is 0 Å². The first-order valence-electron chi connectivity index (χ1n) is 9.41. The molecule has 0 aliphatic carbocycles. The Balaban J connectivity index is 0.00000280. The van der Waals surface area contributed by atoms with Gasteiger partial charge in [-0.1, -0.05) is 106 Å². The summed E-state index contributed by atoms with van der Waals surface area (Å²) in [5.74, 6) is 0.618. The number of rotatable bonds is 5. The van der Waals surface area contributed by atoms with Gasteiger partial charge in [0, 0.05) is 15.9 Å². The Morgan fingerprint density at radius 2 is 1.07 bits per heavy atom. The SMILES string of the molecule is CC(C)c1ccc(P(=O)(c2ccc(C(C)C)cc2)c2ccccc2[O-])cc1.[Li+]. The molecule has 3 aromatic carbocycles. The summed E-state index contributed by atoms with van der Waals surface area (Å²) < 4.78 is 14.4. The second-order valence-electron chi connectivity index (χ2n) is 7.57. The van der Waals surface area contributed by atoms with Crippen LogP contribution >= 0.6 is 7.14 Å². The Bertz CT molecular complexity index is 905. The second-order valence-corrected chi connectivity index (χ2v) is 10.3. The van der Waals surface area contributed by atoms with E-state index >= 15 is 0 Å². The van der Waals surface area contributed by atoms with Crippen molar-refractivity contribution < 1.29 is 28.5 Å². The summed E-state index contributed by atoms with van der Waals surface area (Å²) >= 11 is 0. The van der Waals surface area contributed by atoms with Gasteiger partial charge in [0.15, 0.2) is 7.14 Å². The van der Waals surface area contributed by atoms with E-state index in [1.54, 1.807) is 18.2 Å². The van der Waals surface area contributed by atoms with Gasteiger partial charge in [0.2, 0.25) is 0 Å². The van der Waals surface area contributed by atoms with Crippen molar-refractivity contribution in [2.75, 3.05) is 0 Å². The van der Waals surface area contributed by atoms with Gasteiger partial charge in [-0.3, -0.25) is 0 Å². The van der Waals surface area contributed by atoms with E-state index in [0.29, 0.717) is 27.7 Å². The molecule has 0 amide bonds. The molecule has 0 bridgehead atoms. The molecule has 2 nitrogen and oxygen atoms in total. The van der Waals surface area contributed by atoms with E-state index < -0.39 is 7.14 Å². The Hall–Kier alpha value is -1.71. The first-order valence-corrected chi connectivity index (χ1v) is 11.1. The summed E-state index contributed by atoms with van der Waals surface area (Å²) in [6.45, 7) is 8.52. The second kappa shape index (κ2) is 9.19. The smallest absolute Gasteiger partial charge is 0.872 e. The molecule has 0 unspecified atom stereocenters. The molecule has 0 aromatic heterocycles. The molecule has 28 heavy (non-hydrogen) atoms. The molecule has 3 aromatic rings. The summed E-state index contributed by atoms with van der Waals surface area (Å²) in [5, 5.41) is 14.4.